The Morgan fingerprint density at radius 1 is 0.963 bits per heavy atom. The standard InChI is InChI=1S/C23H21NO3/c25-21(10-9-20-11-16-5-1-4-8-19(16)15-24-20)23(14-22(26)27)12-17-6-2-3-7-18(17)13-23/h1-8,11,15H,9-10,12-14H2,(H,26,27). The van der Waals surface area contributed by atoms with Crippen LogP contribution in [0.5, 0.6) is 0 Å². The number of carbonyl (C=O) groups excluding carboxylic acids is 1. The summed E-state index contributed by atoms with van der Waals surface area (Å²) in [4.78, 5) is 29.0. The number of carboxylic acids is 1. The Morgan fingerprint density at radius 3 is 2.26 bits per heavy atom. The number of pyridine rings is 1. The van der Waals surface area contributed by atoms with Gasteiger partial charge < -0.3 is 5.11 Å². The summed E-state index contributed by atoms with van der Waals surface area (Å²) >= 11 is 0. The molecule has 1 aliphatic rings. The summed E-state index contributed by atoms with van der Waals surface area (Å²) in [5.74, 6) is -0.893. The topological polar surface area (TPSA) is 67.3 Å². The number of aryl methyl sites for hydroxylation is 1. The average molecular weight is 359 g/mol. The Balaban J connectivity index is 1.53. The molecule has 0 saturated heterocycles. The number of aromatic nitrogens is 1. The average Bonchev–Trinajstić information content (AvgIpc) is 3.04. The highest BCUT2D eigenvalue weighted by atomic mass is 16.4. The van der Waals surface area contributed by atoms with Gasteiger partial charge in [-0.2, -0.15) is 0 Å². The summed E-state index contributed by atoms with van der Waals surface area (Å²) in [6, 6.07) is 17.9. The van der Waals surface area contributed by atoms with E-state index >= 15 is 0 Å². The Kier molecular flexibility index (Phi) is 4.48. The fraction of sp³-hybridized carbons (Fsp3) is 0.261. The van der Waals surface area contributed by atoms with E-state index in [1.807, 2.05) is 60.8 Å². The first-order valence-corrected chi connectivity index (χ1v) is 9.21. The maximum absolute atomic E-state index is 13.1. The molecule has 1 heterocycles. The minimum absolute atomic E-state index is 0.0241. The third kappa shape index (κ3) is 3.47. The molecule has 0 spiro atoms. The molecule has 0 atom stereocenters. The maximum Gasteiger partial charge on any atom is 0.304 e. The zero-order valence-corrected chi connectivity index (χ0v) is 15.0. The number of aliphatic carboxylic acids is 1. The monoisotopic (exact) mass is 359 g/mol. The molecule has 27 heavy (non-hydrogen) atoms. The second-order valence-corrected chi connectivity index (χ2v) is 7.42. The number of fused-ring (bicyclic) bond motifs is 2. The lowest BCUT2D eigenvalue weighted by Crippen LogP contribution is -2.35. The van der Waals surface area contributed by atoms with E-state index in [0.717, 1.165) is 27.6 Å². The van der Waals surface area contributed by atoms with Gasteiger partial charge in [0.1, 0.15) is 5.78 Å². The third-order valence-electron chi connectivity index (χ3n) is 5.55. The van der Waals surface area contributed by atoms with Crippen LogP contribution < -0.4 is 0 Å². The van der Waals surface area contributed by atoms with Gasteiger partial charge in [0.25, 0.3) is 0 Å². The van der Waals surface area contributed by atoms with Crippen molar-refractivity contribution < 1.29 is 14.7 Å². The van der Waals surface area contributed by atoms with Gasteiger partial charge in [-0.1, -0.05) is 48.5 Å². The van der Waals surface area contributed by atoms with Crippen molar-refractivity contribution in [2.24, 2.45) is 5.41 Å². The van der Waals surface area contributed by atoms with Crippen LogP contribution in [0.3, 0.4) is 0 Å². The van der Waals surface area contributed by atoms with Crippen LogP contribution in [0.4, 0.5) is 0 Å². The Morgan fingerprint density at radius 2 is 1.59 bits per heavy atom. The van der Waals surface area contributed by atoms with Crippen LogP contribution in [0, 0.1) is 5.41 Å². The summed E-state index contributed by atoms with van der Waals surface area (Å²) in [6.07, 6.45) is 3.58. The Bertz CT molecular complexity index is 1000. The van der Waals surface area contributed by atoms with Gasteiger partial charge in [-0.3, -0.25) is 14.6 Å². The van der Waals surface area contributed by atoms with Crippen LogP contribution in [0.2, 0.25) is 0 Å². The summed E-state index contributed by atoms with van der Waals surface area (Å²) in [5.41, 5.74) is 2.22. The van der Waals surface area contributed by atoms with Crippen LogP contribution in [0.25, 0.3) is 10.8 Å². The van der Waals surface area contributed by atoms with Crippen molar-refractivity contribution >= 4 is 22.5 Å². The fourth-order valence-electron chi connectivity index (χ4n) is 4.18. The van der Waals surface area contributed by atoms with Crippen molar-refractivity contribution in [1.29, 1.82) is 0 Å². The SMILES string of the molecule is O=C(O)CC1(C(=O)CCc2cc3ccccc3cn2)Cc2ccccc2C1. The maximum atomic E-state index is 13.1. The van der Waals surface area contributed by atoms with Crippen LogP contribution in [-0.2, 0) is 28.9 Å². The number of ketones is 1. The molecule has 0 saturated carbocycles. The smallest absolute Gasteiger partial charge is 0.304 e. The number of carboxylic acid groups (broad SMARTS) is 1. The molecule has 4 rings (SSSR count). The minimum Gasteiger partial charge on any atom is -0.481 e. The highest BCUT2D eigenvalue weighted by molar-refractivity contribution is 5.90. The number of hydrogen-bond acceptors (Lipinski definition) is 3. The van der Waals surface area contributed by atoms with Gasteiger partial charge in [0.2, 0.25) is 0 Å². The fourth-order valence-corrected chi connectivity index (χ4v) is 4.18. The van der Waals surface area contributed by atoms with Gasteiger partial charge in [-0.25, -0.2) is 0 Å². The van der Waals surface area contributed by atoms with Gasteiger partial charge in [0, 0.05) is 29.1 Å². The highest BCUT2D eigenvalue weighted by Gasteiger charge is 2.44. The third-order valence-corrected chi connectivity index (χ3v) is 5.55. The molecule has 0 amide bonds. The summed E-state index contributed by atoms with van der Waals surface area (Å²) in [6.45, 7) is 0. The van der Waals surface area contributed by atoms with E-state index in [1.165, 1.54) is 0 Å². The molecule has 0 radical (unpaired) electrons. The number of Topliss-reactive ketones (excluding diaryl/α,β-unsaturated/α-hetero) is 1. The lowest BCUT2D eigenvalue weighted by Gasteiger charge is -2.25. The molecule has 0 unspecified atom stereocenters. The van der Waals surface area contributed by atoms with E-state index in [2.05, 4.69) is 4.98 Å². The van der Waals surface area contributed by atoms with E-state index in [9.17, 15) is 14.7 Å². The summed E-state index contributed by atoms with van der Waals surface area (Å²) in [7, 11) is 0. The van der Waals surface area contributed by atoms with E-state index in [1.54, 1.807) is 0 Å². The van der Waals surface area contributed by atoms with Crippen LogP contribution >= 0.6 is 0 Å². The molecular weight excluding hydrogens is 338 g/mol. The van der Waals surface area contributed by atoms with E-state index in [-0.39, 0.29) is 12.2 Å². The van der Waals surface area contributed by atoms with E-state index in [0.29, 0.717) is 25.7 Å². The van der Waals surface area contributed by atoms with Crippen molar-refractivity contribution in [3.8, 4) is 0 Å². The highest BCUT2D eigenvalue weighted by Crippen LogP contribution is 2.41. The molecule has 0 aliphatic heterocycles. The normalized spacial score (nSPS) is 14.8. The van der Waals surface area contributed by atoms with Crippen molar-refractivity contribution in [2.45, 2.75) is 32.1 Å². The largest absolute Gasteiger partial charge is 0.481 e. The summed E-state index contributed by atoms with van der Waals surface area (Å²) < 4.78 is 0. The lowest BCUT2D eigenvalue weighted by molar-refractivity contribution is -0.144. The zero-order chi connectivity index (χ0) is 18.9. The predicted molar refractivity (Wildman–Crippen MR) is 104 cm³/mol. The van der Waals surface area contributed by atoms with Gasteiger partial charge in [0.15, 0.2) is 0 Å². The Labute approximate surface area is 157 Å². The van der Waals surface area contributed by atoms with Crippen molar-refractivity contribution in [3.05, 3.63) is 77.6 Å². The molecule has 1 aliphatic carbocycles. The first-order valence-electron chi connectivity index (χ1n) is 9.21. The predicted octanol–water partition coefficient (Wildman–Crippen LogP) is 4.00. The van der Waals surface area contributed by atoms with Crippen LogP contribution in [0.1, 0.15) is 29.7 Å². The molecular formula is C23H21NO3. The van der Waals surface area contributed by atoms with Gasteiger partial charge >= 0.3 is 5.97 Å². The lowest BCUT2D eigenvalue weighted by atomic mass is 9.75. The van der Waals surface area contributed by atoms with Crippen molar-refractivity contribution in [3.63, 3.8) is 0 Å². The molecule has 136 valence electrons. The van der Waals surface area contributed by atoms with Gasteiger partial charge in [0.05, 0.1) is 6.42 Å². The van der Waals surface area contributed by atoms with Crippen LogP contribution in [0.15, 0.2) is 60.8 Å². The minimum atomic E-state index is -0.917. The number of nitrogens with zero attached hydrogens (tertiary/aromatic N) is 1. The van der Waals surface area contributed by atoms with Crippen molar-refractivity contribution in [1.82, 2.24) is 4.98 Å². The first-order chi connectivity index (χ1) is 13.1. The number of carbonyl (C=O) groups is 2. The molecule has 2 aromatic carbocycles. The molecule has 1 N–H and O–H groups in total. The molecule has 0 bridgehead atoms. The summed E-state index contributed by atoms with van der Waals surface area (Å²) in [5, 5.41) is 11.6. The Hall–Kier alpha value is -3.01. The molecule has 1 aromatic heterocycles. The number of benzene rings is 2. The van der Waals surface area contributed by atoms with Crippen LogP contribution in [-0.4, -0.2) is 21.8 Å². The molecule has 3 aromatic rings. The first kappa shape index (κ1) is 17.4. The molecule has 4 nitrogen and oxygen atoms in total. The second-order valence-electron chi connectivity index (χ2n) is 7.42. The number of hydrogen-bond donors (Lipinski definition) is 1. The van der Waals surface area contributed by atoms with Gasteiger partial charge in [-0.15, -0.1) is 0 Å². The molecule has 4 heteroatoms. The molecule has 0 fully saturated rings. The number of rotatable bonds is 6. The van der Waals surface area contributed by atoms with Gasteiger partial charge in [-0.05, 0) is 41.8 Å². The van der Waals surface area contributed by atoms with E-state index in [4.69, 9.17) is 0 Å². The van der Waals surface area contributed by atoms with E-state index < -0.39 is 11.4 Å². The quantitative estimate of drug-likeness (QED) is 0.722. The zero-order valence-electron chi connectivity index (χ0n) is 15.0. The van der Waals surface area contributed by atoms with Crippen molar-refractivity contribution in [2.75, 3.05) is 0 Å². The second kappa shape index (κ2) is 6.95.